The van der Waals surface area contributed by atoms with Crippen LogP contribution < -0.4 is 11.1 Å². The fraction of sp³-hybridized carbons (Fsp3) is 0.474. The molecule has 3 rings (SSSR count). The Morgan fingerprint density at radius 3 is 2.83 bits per heavy atom. The topological polar surface area (TPSA) is 81.2 Å². The minimum absolute atomic E-state index is 0.00772. The molecule has 0 aliphatic heterocycles. The van der Waals surface area contributed by atoms with Crippen molar-refractivity contribution in [2.24, 2.45) is 11.7 Å². The summed E-state index contributed by atoms with van der Waals surface area (Å²) >= 11 is 0. The number of rotatable bonds is 4. The maximum atomic E-state index is 12.6. The average Bonchev–Trinajstić information content (AvgIpc) is 3.05. The SMILES string of the molecule is CC(NC(=O)C1CCCCC1(C)N)c1ncc(-c2ccccc2)o1. The number of hydrogen-bond donors (Lipinski definition) is 2. The van der Waals surface area contributed by atoms with Crippen molar-refractivity contribution in [1.29, 1.82) is 0 Å². The van der Waals surface area contributed by atoms with Crippen LogP contribution in [0.1, 0.15) is 51.5 Å². The van der Waals surface area contributed by atoms with Gasteiger partial charge >= 0.3 is 0 Å². The second-order valence-electron chi connectivity index (χ2n) is 6.96. The van der Waals surface area contributed by atoms with Gasteiger partial charge in [0, 0.05) is 11.1 Å². The van der Waals surface area contributed by atoms with Crippen molar-refractivity contribution in [2.75, 3.05) is 0 Å². The summed E-state index contributed by atoms with van der Waals surface area (Å²) in [5.41, 5.74) is 6.85. The predicted molar refractivity (Wildman–Crippen MR) is 93.0 cm³/mol. The lowest BCUT2D eigenvalue weighted by molar-refractivity contribution is -0.128. The maximum Gasteiger partial charge on any atom is 0.225 e. The number of aromatic nitrogens is 1. The van der Waals surface area contributed by atoms with Crippen LogP contribution in [-0.2, 0) is 4.79 Å². The zero-order valence-electron chi connectivity index (χ0n) is 14.3. The molecule has 1 saturated carbocycles. The summed E-state index contributed by atoms with van der Waals surface area (Å²) < 4.78 is 5.81. The first-order valence-electron chi connectivity index (χ1n) is 8.58. The van der Waals surface area contributed by atoms with Crippen molar-refractivity contribution >= 4 is 5.91 Å². The molecular weight excluding hydrogens is 302 g/mol. The Morgan fingerprint density at radius 2 is 2.12 bits per heavy atom. The first-order chi connectivity index (χ1) is 11.5. The standard InChI is InChI=1S/C19H25N3O2/c1-13(22-17(23)15-10-6-7-11-19(15,2)20)18-21-12-16(24-18)14-8-4-3-5-9-14/h3-5,8-9,12-13,15H,6-7,10-11,20H2,1-2H3,(H,22,23). The monoisotopic (exact) mass is 327 g/mol. The van der Waals surface area contributed by atoms with Gasteiger partial charge in [-0.15, -0.1) is 0 Å². The third-order valence-corrected chi connectivity index (χ3v) is 4.88. The highest BCUT2D eigenvalue weighted by Crippen LogP contribution is 2.32. The van der Waals surface area contributed by atoms with Gasteiger partial charge in [-0.2, -0.15) is 0 Å². The van der Waals surface area contributed by atoms with Gasteiger partial charge in [-0.05, 0) is 26.7 Å². The van der Waals surface area contributed by atoms with E-state index in [0.717, 1.165) is 31.2 Å². The van der Waals surface area contributed by atoms with Crippen LogP contribution >= 0.6 is 0 Å². The van der Waals surface area contributed by atoms with Crippen LogP contribution in [0.3, 0.4) is 0 Å². The molecule has 1 aliphatic carbocycles. The van der Waals surface area contributed by atoms with Gasteiger partial charge in [-0.1, -0.05) is 43.2 Å². The number of carbonyl (C=O) groups excluding carboxylic acids is 1. The lowest BCUT2D eigenvalue weighted by Gasteiger charge is -2.37. The van der Waals surface area contributed by atoms with Crippen molar-refractivity contribution in [3.63, 3.8) is 0 Å². The van der Waals surface area contributed by atoms with Crippen molar-refractivity contribution in [2.45, 2.75) is 51.1 Å². The molecule has 3 atom stereocenters. The molecule has 0 bridgehead atoms. The van der Waals surface area contributed by atoms with Crippen molar-refractivity contribution in [3.05, 3.63) is 42.4 Å². The van der Waals surface area contributed by atoms with Gasteiger partial charge in [-0.25, -0.2) is 4.98 Å². The predicted octanol–water partition coefficient (Wildman–Crippen LogP) is 3.43. The molecule has 1 aromatic heterocycles. The highest BCUT2D eigenvalue weighted by atomic mass is 16.4. The Bertz CT molecular complexity index is 694. The van der Waals surface area contributed by atoms with E-state index >= 15 is 0 Å². The van der Waals surface area contributed by atoms with E-state index in [0.29, 0.717) is 11.7 Å². The second kappa shape index (κ2) is 6.77. The Kier molecular flexibility index (Phi) is 4.71. The molecule has 1 aliphatic rings. The molecule has 2 aromatic rings. The van der Waals surface area contributed by atoms with Gasteiger partial charge in [-0.3, -0.25) is 4.79 Å². The zero-order valence-corrected chi connectivity index (χ0v) is 14.3. The number of amides is 1. The van der Waals surface area contributed by atoms with Gasteiger partial charge in [0.25, 0.3) is 0 Å². The Balaban J connectivity index is 1.68. The number of nitrogens with two attached hydrogens (primary N) is 1. The molecule has 3 N–H and O–H groups in total. The van der Waals surface area contributed by atoms with Crippen molar-refractivity contribution < 1.29 is 9.21 Å². The summed E-state index contributed by atoms with van der Waals surface area (Å²) in [7, 11) is 0. The fourth-order valence-electron chi connectivity index (χ4n) is 3.39. The average molecular weight is 327 g/mol. The van der Waals surface area contributed by atoms with Crippen LogP contribution in [0.2, 0.25) is 0 Å². The molecule has 0 spiro atoms. The van der Waals surface area contributed by atoms with E-state index in [9.17, 15) is 4.79 Å². The maximum absolute atomic E-state index is 12.6. The van der Waals surface area contributed by atoms with Gasteiger partial charge in [0.1, 0.15) is 6.04 Å². The van der Waals surface area contributed by atoms with E-state index in [1.54, 1.807) is 6.20 Å². The smallest absolute Gasteiger partial charge is 0.225 e. The van der Waals surface area contributed by atoms with E-state index < -0.39 is 5.54 Å². The van der Waals surface area contributed by atoms with E-state index in [4.69, 9.17) is 10.2 Å². The molecule has 1 fully saturated rings. The molecule has 1 aromatic carbocycles. The van der Waals surface area contributed by atoms with Crippen LogP contribution in [-0.4, -0.2) is 16.4 Å². The summed E-state index contributed by atoms with van der Waals surface area (Å²) in [5.74, 6) is 1.05. The van der Waals surface area contributed by atoms with Crippen LogP contribution in [0.5, 0.6) is 0 Å². The van der Waals surface area contributed by atoms with Gasteiger partial charge in [0.15, 0.2) is 5.76 Å². The molecular formula is C19H25N3O2. The van der Waals surface area contributed by atoms with E-state index in [2.05, 4.69) is 10.3 Å². The third-order valence-electron chi connectivity index (χ3n) is 4.88. The van der Waals surface area contributed by atoms with Gasteiger partial charge < -0.3 is 15.5 Å². The Labute approximate surface area is 142 Å². The Morgan fingerprint density at radius 1 is 1.38 bits per heavy atom. The molecule has 1 heterocycles. The molecule has 5 heteroatoms. The molecule has 1 amide bonds. The van der Waals surface area contributed by atoms with Crippen LogP contribution in [0.15, 0.2) is 40.9 Å². The number of oxazole rings is 1. The summed E-state index contributed by atoms with van der Waals surface area (Å²) in [6, 6.07) is 9.51. The van der Waals surface area contributed by atoms with Gasteiger partial charge in [0.2, 0.25) is 11.8 Å². The quantitative estimate of drug-likeness (QED) is 0.901. The first-order valence-corrected chi connectivity index (χ1v) is 8.58. The first kappa shape index (κ1) is 16.7. The van der Waals surface area contributed by atoms with Crippen LogP contribution in [0.4, 0.5) is 0 Å². The summed E-state index contributed by atoms with van der Waals surface area (Å²) in [4.78, 5) is 16.9. The second-order valence-corrected chi connectivity index (χ2v) is 6.96. The number of carbonyl (C=O) groups is 1. The molecule has 3 unspecified atom stereocenters. The number of benzene rings is 1. The minimum atomic E-state index is -0.437. The lowest BCUT2D eigenvalue weighted by Crippen LogP contribution is -2.53. The van der Waals surface area contributed by atoms with E-state index in [-0.39, 0.29) is 17.9 Å². The Hall–Kier alpha value is -2.14. The highest BCUT2D eigenvalue weighted by Gasteiger charge is 2.38. The summed E-state index contributed by atoms with van der Waals surface area (Å²) in [5, 5.41) is 3.01. The fourth-order valence-corrected chi connectivity index (χ4v) is 3.39. The van der Waals surface area contributed by atoms with E-state index in [1.807, 2.05) is 44.2 Å². The molecule has 24 heavy (non-hydrogen) atoms. The van der Waals surface area contributed by atoms with E-state index in [1.165, 1.54) is 0 Å². The molecule has 128 valence electrons. The van der Waals surface area contributed by atoms with Crippen LogP contribution in [0, 0.1) is 5.92 Å². The summed E-state index contributed by atoms with van der Waals surface area (Å²) in [6.07, 6.45) is 5.56. The molecule has 0 radical (unpaired) electrons. The third kappa shape index (κ3) is 3.51. The zero-order chi connectivity index (χ0) is 17.2. The summed E-state index contributed by atoms with van der Waals surface area (Å²) in [6.45, 7) is 3.86. The molecule has 5 nitrogen and oxygen atoms in total. The van der Waals surface area contributed by atoms with Crippen molar-refractivity contribution in [3.8, 4) is 11.3 Å². The van der Waals surface area contributed by atoms with Crippen molar-refractivity contribution in [1.82, 2.24) is 10.3 Å². The minimum Gasteiger partial charge on any atom is -0.438 e. The highest BCUT2D eigenvalue weighted by molar-refractivity contribution is 5.80. The van der Waals surface area contributed by atoms with Crippen LogP contribution in [0.25, 0.3) is 11.3 Å². The largest absolute Gasteiger partial charge is 0.438 e. The van der Waals surface area contributed by atoms with Gasteiger partial charge in [0.05, 0.1) is 12.1 Å². The number of nitrogens with one attached hydrogen (secondary N) is 1. The lowest BCUT2D eigenvalue weighted by atomic mass is 9.74. The number of nitrogens with zero attached hydrogens (tertiary/aromatic N) is 1. The normalized spacial score (nSPS) is 25.2. The number of hydrogen-bond acceptors (Lipinski definition) is 4. The molecule has 0 saturated heterocycles.